The van der Waals surface area contributed by atoms with Crippen LogP contribution in [0.1, 0.15) is 5.56 Å². The van der Waals surface area contributed by atoms with Gasteiger partial charge in [-0.2, -0.15) is 0 Å². The number of ether oxygens (including phenoxy) is 1. The molecule has 0 saturated carbocycles. The third kappa shape index (κ3) is 4.03. The zero-order valence-corrected chi connectivity index (χ0v) is 15.8. The molecule has 1 aliphatic heterocycles. The van der Waals surface area contributed by atoms with Gasteiger partial charge in [0, 0.05) is 26.2 Å². The van der Waals surface area contributed by atoms with Crippen LogP contribution in [0.2, 0.25) is 0 Å². The van der Waals surface area contributed by atoms with E-state index in [9.17, 15) is 9.18 Å². The van der Waals surface area contributed by atoms with Gasteiger partial charge < -0.3 is 14.5 Å². The maximum absolute atomic E-state index is 12.9. The van der Waals surface area contributed by atoms with Crippen LogP contribution in [-0.2, 0) is 4.79 Å². The van der Waals surface area contributed by atoms with Gasteiger partial charge in [-0.1, -0.05) is 17.4 Å². The quantitative estimate of drug-likeness (QED) is 0.690. The minimum atomic E-state index is -0.324. The maximum atomic E-state index is 12.9. The Balaban J connectivity index is 1.32. The van der Waals surface area contributed by atoms with Gasteiger partial charge in [-0.15, -0.1) is 0 Å². The number of aryl methyl sites for hydroxylation is 1. The third-order valence-corrected chi connectivity index (χ3v) is 5.69. The number of carbonyl (C=O) groups is 1. The number of benzene rings is 2. The molecule has 5 nitrogen and oxygen atoms in total. The zero-order chi connectivity index (χ0) is 18.8. The summed E-state index contributed by atoms with van der Waals surface area (Å²) in [6, 6.07) is 12.0. The maximum Gasteiger partial charge on any atom is 0.260 e. The van der Waals surface area contributed by atoms with Crippen molar-refractivity contribution in [2.45, 2.75) is 6.92 Å². The number of rotatable bonds is 4. The summed E-state index contributed by atoms with van der Waals surface area (Å²) in [5.74, 6) is 0.113. The molecule has 0 radical (unpaired) electrons. The summed E-state index contributed by atoms with van der Waals surface area (Å²) in [5.41, 5.74) is 2.25. The monoisotopic (exact) mass is 385 g/mol. The summed E-state index contributed by atoms with van der Waals surface area (Å²) in [4.78, 5) is 21.1. The van der Waals surface area contributed by atoms with Crippen LogP contribution < -0.4 is 9.64 Å². The number of hydrogen-bond donors (Lipinski definition) is 0. The van der Waals surface area contributed by atoms with Crippen molar-refractivity contribution >= 4 is 32.6 Å². The first-order valence-corrected chi connectivity index (χ1v) is 9.68. The SMILES string of the molecule is Cc1ccc2nc(N3CCN(C(=O)COc4ccc(F)cc4)CC3)sc2c1. The molecular formula is C20H20FN3O2S. The van der Waals surface area contributed by atoms with Gasteiger partial charge in [-0.05, 0) is 48.9 Å². The van der Waals surface area contributed by atoms with Crippen LogP contribution in [0.5, 0.6) is 5.75 Å². The highest BCUT2D eigenvalue weighted by atomic mass is 32.1. The molecule has 1 saturated heterocycles. The van der Waals surface area contributed by atoms with Crippen molar-refractivity contribution in [1.29, 1.82) is 0 Å². The standard InChI is InChI=1S/C20H20FN3O2S/c1-14-2-7-17-18(12-14)27-20(22-17)24-10-8-23(9-11-24)19(25)13-26-16-5-3-15(21)4-6-16/h2-7,12H,8-11,13H2,1H3. The predicted octanol–water partition coefficient (Wildman–Crippen LogP) is 3.47. The van der Waals surface area contributed by atoms with Crippen molar-refractivity contribution in [2.24, 2.45) is 0 Å². The Bertz CT molecular complexity index is 950. The number of aromatic nitrogens is 1. The van der Waals surface area contributed by atoms with Crippen molar-refractivity contribution in [3.8, 4) is 5.75 Å². The van der Waals surface area contributed by atoms with E-state index in [1.165, 1.54) is 34.5 Å². The molecule has 1 aromatic heterocycles. The highest BCUT2D eigenvalue weighted by Crippen LogP contribution is 2.30. The molecule has 1 fully saturated rings. The van der Waals surface area contributed by atoms with Gasteiger partial charge in [0.2, 0.25) is 0 Å². The van der Waals surface area contributed by atoms with Crippen LogP contribution >= 0.6 is 11.3 Å². The number of hydrogen-bond acceptors (Lipinski definition) is 5. The van der Waals surface area contributed by atoms with Crippen LogP contribution in [0, 0.1) is 12.7 Å². The Morgan fingerprint density at radius 2 is 1.89 bits per heavy atom. The fourth-order valence-electron chi connectivity index (χ4n) is 3.07. The Morgan fingerprint density at radius 1 is 1.15 bits per heavy atom. The highest BCUT2D eigenvalue weighted by Gasteiger charge is 2.23. The topological polar surface area (TPSA) is 45.7 Å². The normalized spacial score (nSPS) is 14.6. The van der Waals surface area contributed by atoms with Crippen LogP contribution in [0.15, 0.2) is 42.5 Å². The second kappa shape index (κ2) is 7.52. The van der Waals surface area contributed by atoms with Gasteiger partial charge in [0.15, 0.2) is 11.7 Å². The first kappa shape index (κ1) is 17.7. The highest BCUT2D eigenvalue weighted by molar-refractivity contribution is 7.22. The molecule has 140 valence electrons. The first-order chi connectivity index (χ1) is 13.1. The fourth-order valence-corrected chi connectivity index (χ4v) is 4.18. The summed E-state index contributed by atoms with van der Waals surface area (Å²) in [6.45, 7) is 4.83. The molecule has 0 bridgehead atoms. The minimum Gasteiger partial charge on any atom is -0.484 e. The number of thiazole rings is 1. The molecule has 0 spiro atoms. The predicted molar refractivity (Wildman–Crippen MR) is 105 cm³/mol. The minimum absolute atomic E-state index is 0.0357. The molecule has 1 aliphatic rings. The first-order valence-electron chi connectivity index (χ1n) is 8.87. The lowest BCUT2D eigenvalue weighted by atomic mass is 10.2. The zero-order valence-electron chi connectivity index (χ0n) is 15.0. The second-order valence-electron chi connectivity index (χ2n) is 6.58. The molecule has 3 aromatic rings. The summed E-state index contributed by atoms with van der Waals surface area (Å²) in [7, 11) is 0. The van der Waals surface area contributed by atoms with Crippen molar-refractivity contribution in [3.63, 3.8) is 0 Å². The third-order valence-electron chi connectivity index (χ3n) is 4.61. The van der Waals surface area contributed by atoms with Gasteiger partial charge >= 0.3 is 0 Å². The van der Waals surface area contributed by atoms with E-state index in [2.05, 4.69) is 30.0 Å². The summed E-state index contributed by atoms with van der Waals surface area (Å²) >= 11 is 1.69. The Kier molecular flexibility index (Phi) is 4.94. The summed E-state index contributed by atoms with van der Waals surface area (Å²) in [6.07, 6.45) is 0. The molecule has 2 aromatic carbocycles. The lowest BCUT2D eigenvalue weighted by Gasteiger charge is -2.34. The molecule has 0 N–H and O–H groups in total. The second-order valence-corrected chi connectivity index (χ2v) is 7.59. The van der Waals surface area contributed by atoms with Crippen molar-refractivity contribution in [3.05, 3.63) is 53.8 Å². The molecule has 0 atom stereocenters. The van der Waals surface area contributed by atoms with E-state index in [1.807, 2.05) is 0 Å². The fraction of sp³-hybridized carbons (Fsp3) is 0.300. The van der Waals surface area contributed by atoms with Crippen molar-refractivity contribution in [1.82, 2.24) is 9.88 Å². The van der Waals surface area contributed by atoms with Gasteiger partial charge in [0.1, 0.15) is 11.6 Å². The molecular weight excluding hydrogens is 365 g/mol. The molecule has 2 heterocycles. The van der Waals surface area contributed by atoms with E-state index in [-0.39, 0.29) is 18.3 Å². The van der Waals surface area contributed by atoms with E-state index in [1.54, 1.807) is 16.2 Å². The number of anilines is 1. The van der Waals surface area contributed by atoms with Crippen molar-refractivity contribution < 1.29 is 13.9 Å². The van der Waals surface area contributed by atoms with Crippen LogP contribution in [0.3, 0.4) is 0 Å². The van der Waals surface area contributed by atoms with Crippen LogP contribution in [0.25, 0.3) is 10.2 Å². The van der Waals surface area contributed by atoms with E-state index < -0.39 is 0 Å². The largest absolute Gasteiger partial charge is 0.484 e. The van der Waals surface area contributed by atoms with Gasteiger partial charge in [0.25, 0.3) is 5.91 Å². The van der Waals surface area contributed by atoms with Crippen LogP contribution in [0.4, 0.5) is 9.52 Å². The number of piperazine rings is 1. The number of carbonyl (C=O) groups excluding carboxylic acids is 1. The molecule has 0 unspecified atom stereocenters. The van der Waals surface area contributed by atoms with E-state index >= 15 is 0 Å². The summed E-state index contributed by atoms with van der Waals surface area (Å²) < 4.78 is 19.5. The number of fused-ring (bicyclic) bond motifs is 1. The average molecular weight is 385 g/mol. The van der Waals surface area contributed by atoms with Crippen molar-refractivity contribution in [2.75, 3.05) is 37.7 Å². The average Bonchev–Trinajstić information content (AvgIpc) is 3.10. The van der Waals surface area contributed by atoms with Gasteiger partial charge in [-0.25, -0.2) is 9.37 Å². The number of halogens is 1. The Labute approximate surface area is 161 Å². The van der Waals surface area contributed by atoms with Gasteiger partial charge in [0.05, 0.1) is 10.2 Å². The summed E-state index contributed by atoms with van der Waals surface area (Å²) in [5, 5.41) is 1.00. The number of nitrogens with zero attached hydrogens (tertiary/aromatic N) is 3. The van der Waals surface area contributed by atoms with Crippen LogP contribution in [-0.4, -0.2) is 48.6 Å². The molecule has 0 aliphatic carbocycles. The molecule has 7 heteroatoms. The van der Waals surface area contributed by atoms with E-state index in [4.69, 9.17) is 9.72 Å². The van der Waals surface area contributed by atoms with E-state index in [0.29, 0.717) is 18.8 Å². The lowest BCUT2D eigenvalue weighted by Crippen LogP contribution is -2.50. The van der Waals surface area contributed by atoms with E-state index in [0.717, 1.165) is 23.7 Å². The van der Waals surface area contributed by atoms with Gasteiger partial charge in [-0.3, -0.25) is 4.79 Å². The Hall–Kier alpha value is -2.67. The lowest BCUT2D eigenvalue weighted by molar-refractivity contribution is -0.133. The molecule has 4 rings (SSSR count). The molecule has 1 amide bonds. The smallest absolute Gasteiger partial charge is 0.260 e. The molecule has 27 heavy (non-hydrogen) atoms. The Morgan fingerprint density at radius 3 is 2.63 bits per heavy atom. The number of amides is 1.